The molecule has 3 rings (SSSR count). The van der Waals surface area contributed by atoms with Crippen LogP contribution >= 0.6 is 0 Å². The van der Waals surface area contributed by atoms with Crippen LogP contribution in [-0.4, -0.2) is 12.1 Å². The van der Waals surface area contributed by atoms with Gasteiger partial charge in [-0.15, -0.1) is 0 Å². The van der Waals surface area contributed by atoms with Crippen molar-refractivity contribution in [1.29, 1.82) is 0 Å². The third-order valence-electron chi connectivity index (χ3n) is 4.48. The third kappa shape index (κ3) is 2.83. The number of carbonyl (C=O) groups excluding carboxylic acids is 1. The Labute approximate surface area is 133 Å². The molecule has 1 aromatic carbocycles. The summed E-state index contributed by atoms with van der Waals surface area (Å²) >= 11 is 0. The SMILES string of the molecule is Cc1c(OC(C)C(=O)[O-])ccc2c3c(c(=O)oc12)CCCCC3. The Morgan fingerprint density at radius 3 is 2.61 bits per heavy atom. The largest absolute Gasteiger partial charge is 0.546 e. The molecule has 5 nitrogen and oxygen atoms in total. The van der Waals surface area contributed by atoms with Crippen LogP contribution in [0, 0.1) is 6.92 Å². The molecular weight excluding hydrogens is 296 g/mol. The molecule has 5 heteroatoms. The van der Waals surface area contributed by atoms with E-state index in [1.54, 1.807) is 13.0 Å². The van der Waals surface area contributed by atoms with E-state index in [0.717, 1.165) is 48.6 Å². The zero-order valence-corrected chi connectivity index (χ0v) is 13.3. The highest BCUT2D eigenvalue weighted by molar-refractivity contribution is 5.86. The minimum Gasteiger partial charge on any atom is -0.546 e. The molecule has 0 spiro atoms. The molecular formula is C18H19O5-. The van der Waals surface area contributed by atoms with E-state index in [1.165, 1.54) is 6.92 Å². The topological polar surface area (TPSA) is 79.6 Å². The molecule has 1 aliphatic carbocycles. The number of carboxylic acids is 1. The first kappa shape index (κ1) is 15.6. The highest BCUT2D eigenvalue weighted by Crippen LogP contribution is 2.32. The number of benzene rings is 1. The summed E-state index contributed by atoms with van der Waals surface area (Å²) in [7, 11) is 0. The molecule has 0 saturated heterocycles. The number of aliphatic carboxylic acids is 1. The van der Waals surface area contributed by atoms with Crippen LogP contribution in [0.25, 0.3) is 11.0 Å². The van der Waals surface area contributed by atoms with E-state index in [2.05, 4.69) is 0 Å². The van der Waals surface area contributed by atoms with Gasteiger partial charge in [-0.3, -0.25) is 0 Å². The van der Waals surface area contributed by atoms with Crippen molar-refractivity contribution in [1.82, 2.24) is 0 Å². The van der Waals surface area contributed by atoms with Gasteiger partial charge in [0.2, 0.25) is 0 Å². The molecule has 2 aromatic rings. The fourth-order valence-corrected chi connectivity index (χ4v) is 3.17. The molecule has 1 atom stereocenters. The number of hydrogen-bond donors (Lipinski definition) is 0. The second-order valence-electron chi connectivity index (χ2n) is 6.05. The Morgan fingerprint density at radius 2 is 1.91 bits per heavy atom. The van der Waals surface area contributed by atoms with Crippen LogP contribution in [0.3, 0.4) is 0 Å². The van der Waals surface area contributed by atoms with E-state index in [-0.39, 0.29) is 5.63 Å². The van der Waals surface area contributed by atoms with Gasteiger partial charge < -0.3 is 19.1 Å². The first-order valence-electron chi connectivity index (χ1n) is 7.94. The number of ether oxygens (including phenoxy) is 1. The average Bonchev–Trinajstić information content (AvgIpc) is 2.77. The van der Waals surface area contributed by atoms with Crippen LogP contribution in [-0.2, 0) is 17.6 Å². The first-order chi connectivity index (χ1) is 11.0. The smallest absolute Gasteiger partial charge is 0.339 e. The van der Waals surface area contributed by atoms with Gasteiger partial charge in [-0.1, -0.05) is 6.42 Å². The molecule has 122 valence electrons. The molecule has 23 heavy (non-hydrogen) atoms. The lowest BCUT2D eigenvalue weighted by molar-refractivity contribution is -0.312. The molecule has 0 radical (unpaired) electrons. The highest BCUT2D eigenvalue weighted by Gasteiger charge is 2.19. The van der Waals surface area contributed by atoms with Crippen LogP contribution in [0.2, 0.25) is 0 Å². The van der Waals surface area contributed by atoms with Gasteiger partial charge in [-0.25, -0.2) is 4.79 Å². The standard InChI is InChI=1S/C18H20O5/c1-10-15(22-11(2)17(19)20)9-8-13-12-6-4-3-5-7-14(12)18(21)23-16(10)13/h8-9,11H,3-7H2,1-2H3,(H,19,20)/p-1. The van der Waals surface area contributed by atoms with Crippen molar-refractivity contribution in [2.75, 3.05) is 0 Å². The van der Waals surface area contributed by atoms with Crippen molar-refractivity contribution in [2.24, 2.45) is 0 Å². The molecule has 0 bridgehead atoms. The van der Waals surface area contributed by atoms with Crippen LogP contribution in [0.5, 0.6) is 5.75 Å². The summed E-state index contributed by atoms with van der Waals surface area (Å²) < 4.78 is 10.9. The number of carbonyl (C=O) groups is 1. The molecule has 1 heterocycles. The fraction of sp³-hybridized carbons (Fsp3) is 0.444. The molecule has 0 N–H and O–H groups in total. The van der Waals surface area contributed by atoms with Gasteiger partial charge in [-0.05, 0) is 57.2 Å². The van der Waals surface area contributed by atoms with E-state index < -0.39 is 12.1 Å². The predicted octanol–water partition coefficient (Wildman–Crippen LogP) is 1.89. The summed E-state index contributed by atoms with van der Waals surface area (Å²) in [4.78, 5) is 23.2. The highest BCUT2D eigenvalue weighted by atomic mass is 16.5. The molecule has 0 amide bonds. The number of fused-ring (bicyclic) bond motifs is 3. The summed E-state index contributed by atoms with van der Waals surface area (Å²) in [5, 5.41) is 11.8. The van der Waals surface area contributed by atoms with Crippen molar-refractivity contribution in [3.8, 4) is 5.75 Å². The van der Waals surface area contributed by atoms with Gasteiger partial charge in [0.25, 0.3) is 0 Å². The van der Waals surface area contributed by atoms with Crippen LogP contribution in [0.1, 0.15) is 42.9 Å². The molecule has 0 aliphatic heterocycles. The van der Waals surface area contributed by atoms with Crippen molar-refractivity contribution >= 4 is 16.9 Å². The lowest BCUT2D eigenvalue weighted by Crippen LogP contribution is -2.37. The Hall–Kier alpha value is -2.30. The lowest BCUT2D eigenvalue weighted by atomic mass is 9.98. The maximum absolute atomic E-state index is 12.3. The second-order valence-corrected chi connectivity index (χ2v) is 6.05. The summed E-state index contributed by atoms with van der Waals surface area (Å²) in [6.07, 6.45) is 3.73. The van der Waals surface area contributed by atoms with Gasteiger partial charge in [-0.2, -0.15) is 0 Å². The summed E-state index contributed by atoms with van der Waals surface area (Å²) in [6, 6.07) is 3.59. The fourth-order valence-electron chi connectivity index (χ4n) is 3.17. The Morgan fingerprint density at radius 1 is 1.22 bits per heavy atom. The lowest BCUT2D eigenvalue weighted by Gasteiger charge is -2.18. The Balaban J connectivity index is 2.15. The third-order valence-corrected chi connectivity index (χ3v) is 4.48. The summed E-state index contributed by atoms with van der Waals surface area (Å²) in [6.45, 7) is 3.18. The quantitative estimate of drug-likeness (QED) is 0.638. The molecule has 0 saturated carbocycles. The van der Waals surface area contributed by atoms with E-state index in [9.17, 15) is 14.7 Å². The number of aryl methyl sites for hydroxylation is 2. The molecule has 1 aliphatic rings. The Kier molecular flexibility index (Phi) is 4.11. The normalized spacial score (nSPS) is 15.7. The van der Waals surface area contributed by atoms with Gasteiger partial charge in [0.1, 0.15) is 17.4 Å². The molecule has 0 fully saturated rings. The first-order valence-corrected chi connectivity index (χ1v) is 7.94. The summed E-state index contributed by atoms with van der Waals surface area (Å²) in [5.74, 6) is -0.890. The van der Waals surface area contributed by atoms with Crippen molar-refractivity contribution in [3.63, 3.8) is 0 Å². The number of carboxylic acid groups (broad SMARTS) is 1. The number of rotatable bonds is 3. The molecule has 1 aromatic heterocycles. The zero-order valence-electron chi connectivity index (χ0n) is 13.3. The van der Waals surface area contributed by atoms with Crippen molar-refractivity contribution < 1.29 is 19.1 Å². The second kappa shape index (κ2) is 6.07. The van der Waals surface area contributed by atoms with Gasteiger partial charge in [0.05, 0.1) is 5.97 Å². The zero-order chi connectivity index (χ0) is 16.6. The van der Waals surface area contributed by atoms with Gasteiger partial charge >= 0.3 is 5.63 Å². The predicted molar refractivity (Wildman–Crippen MR) is 83.6 cm³/mol. The van der Waals surface area contributed by atoms with Gasteiger partial charge in [0.15, 0.2) is 0 Å². The van der Waals surface area contributed by atoms with Crippen molar-refractivity contribution in [2.45, 2.75) is 52.1 Å². The Bertz CT molecular complexity index is 818. The van der Waals surface area contributed by atoms with E-state index in [1.807, 2.05) is 6.07 Å². The van der Waals surface area contributed by atoms with Crippen molar-refractivity contribution in [3.05, 3.63) is 39.2 Å². The van der Waals surface area contributed by atoms with Crippen LogP contribution in [0.4, 0.5) is 0 Å². The van der Waals surface area contributed by atoms with Gasteiger partial charge in [0, 0.05) is 16.5 Å². The monoisotopic (exact) mass is 315 g/mol. The minimum absolute atomic E-state index is 0.289. The maximum Gasteiger partial charge on any atom is 0.339 e. The van der Waals surface area contributed by atoms with E-state index in [0.29, 0.717) is 16.9 Å². The maximum atomic E-state index is 12.3. The average molecular weight is 315 g/mol. The van der Waals surface area contributed by atoms with E-state index in [4.69, 9.17) is 9.15 Å². The molecule has 1 unspecified atom stereocenters. The minimum atomic E-state index is -1.28. The summed E-state index contributed by atoms with van der Waals surface area (Å²) in [5.41, 5.74) is 2.68. The van der Waals surface area contributed by atoms with Crippen LogP contribution in [0.15, 0.2) is 21.3 Å². The number of hydrogen-bond acceptors (Lipinski definition) is 5. The van der Waals surface area contributed by atoms with Crippen LogP contribution < -0.4 is 15.5 Å². The van der Waals surface area contributed by atoms with E-state index >= 15 is 0 Å².